The molecule has 4 aromatic rings. The first-order valence-corrected chi connectivity index (χ1v) is 16.1. The number of halogens is 9. The summed E-state index contributed by atoms with van der Waals surface area (Å²) < 4.78 is 123. The van der Waals surface area contributed by atoms with Crippen molar-refractivity contribution < 1.29 is 49.7 Å². The molecule has 260 valence electrons. The van der Waals surface area contributed by atoms with Gasteiger partial charge in [-0.1, -0.05) is 23.8 Å². The van der Waals surface area contributed by atoms with Gasteiger partial charge in [-0.25, -0.2) is 0 Å². The van der Waals surface area contributed by atoms with Crippen molar-refractivity contribution in [1.82, 2.24) is 0 Å². The van der Waals surface area contributed by atoms with Gasteiger partial charge in [0.1, 0.15) is 11.5 Å². The van der Waals surface area contributed by atoms with Gasteiger partial charge in [-0.3, -0.25) is 0 Å². The van der Waals surface area contributed by atoms with Crippen molar-refractivity contribution in [3.8, 4) is 22.6 Å². The number of rotatable bonds is 5. The summed E-state index contributed by atoms with van der Waals surface area (Å²) in [5.41, 5.74) is 0.942. The first-order valence-electron chi connectivity index (χ1n) is 16.1. The molecule has 0 aliphatic heterocycles. The third kappa shape index (κ3) is 7.12. The van der Waals surface area contributed by atoms with Crippen LogP contribution in [0.4, 0.5) is 39.5 Å². The molecule has 0 bridgehead atoms. The molecule has 0 aromatic heterocycles. The number of benzene rings is 4. The van der Waals surface area contributed by atoms with E-state index >= 15 is 0 Å². The van der Waals surface area contributed by atoms with Gasteiger partial charge in [-0.2, -0.15) is 39.5 Å². The number of hydrogen-bond acceptors (Lipinski definition) is 2. The second-order valence-corrected chi connectivity index (χ2v) is 13.2. The van der Waals surface area contributed by atoms with E-state index in [1.54, 1.807) is 25.1 Å². The van der Waals surface area contributed by atoms with Gasteiger partial charge in [0.05, 0.1) is 16.7 Å². The van der Waals surface area contributed by atoms with Crippen molar-refractivity contribution >= 4 is 0 Å². The van der Waals surface area contributed by atoms with Gasteiger partial charge in [0, 0.05) is 24.0 Å². The van der Waals surface area contributed by atoms with Crippen LogP contribution in [0.15, 0.2) is 48.5 Å². The normalized spacial score (nSPS) is 15.2. The maximum Gasteiger partial charge on any atom is 0.416 e. The Labute approximate surface area is 277 Å². The predicted octanol–water partition coefficient (Wildman–Crippen LogP) is 11.1. The van der Waals surface area contributed by atoms with Gasteiger partial charge >= 0.3 is 18.5 Å². The molecule has 2 aliphatic carbocycles. The lowest BCUT2D eigenvalue weighted by Crippen LogP contribution is -2.13. The molecule has 49 heavy (non-hydrogen) atoms. The summed E-state index contributed by atoms with van der Waals surface area (Å²) >= 11 is 0. The zero-order valence-corrected chi connectivity index (χ0v) is 26.5. The lowest BCUT2D eigenvalue weighted by atomic mass is 9.77. The van der Waals surface area contributed by atoms with Crippen LogP contribution in [-0.4, -0.2) is 10.2 Å². The highest BCUT2D eigenvalue weighted by atomic mass is 19.4. The molecule has 0 unspecified atom stereocenters. The largest absolute Gasteiger partial charge is 0.507 e. The van der Waals surface area contributed by atoms with Crippen LogP contribution >= 0.6 is 0 Å². The SMILES string of the molecule is Cc1cc(Cc2cc3c(c(-c4c(O)c(Cc5cc(C(F)(F)F)cc(C(F)(F)F)c5)cc5c4CCCC5)c2O)CCCC3)cc(C(F)(F)F)c1. The smallest absolute Gasteiger partial charge is 0.416 e. The van der Waals surface area contributed by atoms with E-state index in [4.69, 9.17) is 0 Å². The highest BCUT2D eigenvalue weighted by Gasteiger charge is 2.37. The minimum absolute atomic E-state index is 0.0377. The van der Waals surface area contributed by atoms with Crippen LogP contribution in [0, 0.1) is 6.92 Å². The molecule has 0 radical (unpaired) electrons. The van der Waals surface area contributed by atoms with E-state index in [1.807, 2.05) is 0 Å². The fraction of sp³-hybridized carbons (Fsp3) is 0.368. The minimum atomic E-state index is -5.04. The molecular formula is C38H33F9O2. The highest BCUT2D eigenvalue weighted by Crippen LogP contribution is 2.50. The van der Waals surface area contributed by atoms with Crippen molar-refractivity contribution in [1.29, 1.82) is 0 Å². The van der Waals surface area contributed by atoms with Crippen LogP contribution in [0.3, 0.4) is 0 Å². The van der Waals surface area contributed by atoms with E-state index in [-0.39, 0.29) is 40.7 Å². The first kappa shape index (κ1) is 34.7. The van der Waals surface area contributed by atoms with Gasteiger partial charge in [-0.15, -0.1) is 0 Å². The molecule has 0 atom stereocenters. The number of hydrogen-bond donors (Lipinski definition) is 2. The third-order valence-corrected chi connectivity index (χ3v) is 9.55. The number of aryl methyl sites for hydroxylation is 3. The summed E-state index contributed by atoms with van der Waals surface area (Å²) in [5.74, 6) is -0.559. The summed E-state index contributed by atoms with van der Waals surface area (Å²) in [6.45, 7) is 1.55. The second kappa shape index (κ2) is 12.6. The third-order valence-electron chi connectivity index (χ3n) is 9.55. The summed E-state index contributed by atoms with van der Waals surface area (Å²) in [5, 5.41) is 23.8. The lowest BCUT2D eigenvalue weighted by Gasteiger charge is -2.28. The molecule has 0 saturated carbocycles. The Morgan fingerprint density at radius 3 is 1.27 bits per heavy atom. The van der Waals surface area contributed by atoms with Crippen LogP contribution in [0.25, 0.3) is 11.1 Å². The Hall–Kier alpha value is -4.15. The van der Waals surface area contributed by atoms with Crippen LogP contribution in [0.2, 0.25) is 0 Å². The first-order chi connectivity index (χ1) is 22.9. The Balaban J connectivity index is 1.54. The molecule has 0 amide bonds. The quantitative estimate of drug-likeness (QED) is 0.205. The minimum Gasteiger partial charge on any atom is -0.507 e. The van der Waals surface area contributed by atoms with E-state index in [1.165, 1.54) is 0 Å². The molecule has 0 spiro atoms. The number of alkyl halides is 9. The van der Waals surface area contributed by atoms with Crippen LogP contribution in [-0.2, 0) is 57.1 Å². The summed E-state index contributed by atoms with van der Waals surface area (Å²) in [7, 11) is 0. The van der Waals surface area contributed by atoms with Crippen LogP contribution in [0.5, 0.6) is 11.5 Å². The zero-order chi connectivity index (χ0) is 35.5. The van der Waals surface area contributed by atoms with Gasteiger partial charge < -0.3 is 10.2 Å². The van der Waals surface area contributed by atoms with Crippen molar-refractivity contribution in [3.05, 3.63) is 115 Å². The average Bonchev–Trinajstić information content (AvgIpc) is 3.01. The number of fused-ring (bicyclic) bond motifs is 2. The fourth-order valence-corrected chi connectivity index (χ4v) is 7.41. The van der Waals surface area contributed by atoms with Crippen molar-refractivity contribution in [2.75, 3.05) is 0 Å². The molecule has 2 nitrogen and oxygen atoms in total. The standard InChI is InChI=1S/C38H33F9O2/c1-20-10-21(14-27(11-20)36(39,40)41)12-25-17-23-6-2-4-8-30(23)32(34(25)48)33-31-9-5-3-7-24(31)18-26(35(33)49)13-22-15-28(37(42,43)44)19-29(16-22)38(45,46)47/h10-11,14-19,48-49H,2-9,12-13H2,1H3. The monoisotopic (exact) mass is 692 g/mol. The summed E-state index contributed by atoms with van der Waals surface area (Å²) in [6, 6.07) is 8.45. The molecular weight excluding hydrogens is 659 g/mol. The average molecular weight is 693 g/mol. The topological polar surface area (TPSA) is 40.5 Å². The number of aromatic hydroxyl groups is 2. The zero-order valence-electron chi connectivity index (χ0n) is 26.5. The molecule has 0 fully saturated rings. The Kier molecular flexibility index (Phi) is 8.94. The van der Waals surface area contributed by atoms with E-state index in [0.717, 1.165) is 60.1 Å². The van der Waals surface area contributed by atoms with Crippen molar-refractivity contribution in [2.45, 2.75) is 89.7 Å². The number of phenols is 2. The van der Waals surface area contributed by atoms with E-state index < -0.39 is 41.6 Å². The molecule has 4 aromatic carbocycles. The Bertz CT molecular complexity index is 1880. The summed E-state index contributed by atoms with van der Waals surface area (Å²) in [4.78, 5) is 0. The second-order valence-electron chi connectivity index (χ2n) is 13.2. The Morgan fingerprint density at radius 2 is 0.857 bits per heavy atom. The van der Waals surface area contributed by atoms with Gasteiger partial charge in [0.15, 0.2) is 0 Å². The molecule has 2 N–H and O–H groups in total. The van der Waals surface area contributed by atoms with E-state index in [9.17, 15) is 49.7 Å². The molecule has 6 rings (SSSR count). The molecule has 2 aliphatic rings. The van der Waals surface area contributed by atoms with Gasteiger partial charge in [-0.05, 0) is 133 Å². The van der Waals surface area contributed by atoms with Gasteiger partial charge in [0.25, 0.3) is 0 Å². The molecule has 0 saturated heterocycles. The lowest BCUT2D eigenvalue weighted by molar-refractivity contribution is -0.143. The maximum atomic E-state index is 13.7. The maximum absolute atomic E-state index is 13.7. The van der Waals surface area contributed by atoms with E-state index in [2.05, 4.69) is 0 Å². The number of phenolic OH excluding ortho intramolecular Hbond substituents is 2. The predicted molar refractivity (Wildman–Crippen MR) is 167 cm³/mol. The van der Waals surface area contributed by atoms with Crippen LogP contribution in [0.1, 0.15) is 92.4 Å². The highest BCUT2D eigenvalue weighted by molar-refractivity contribution is 5.85. The molecule has 0 heterocycles. The van der Waals surface area contributed by atoms with Crippen LogP contribution < -0.4 is 0 Å². The van der Waals surface area contributed by atoms with Gasteiger partial charge in [0.2, 0.25) is 0 Å². The molecule has 11 heteroatoms. The van der Waals surface area contributed by atoms with E-state index in [0.29, 0.717) is 60.1 Å². The fourth-order valence-electron chi connectivity index (χ4n) is 7.41. The summed E-state index contributed by atoms with van der Waals surface area (Å²) in [6.07, 6.45) is -9.74. The van der Waals surface area contributed by atoms with Crippen molar-refractivity contribution in [3.63, 3.8) is 0 Å². The Morgan fingerprint density at radius 1 is 0.490 bits per heavy atom. The van der Waals surface area contributed by atoms with Crippen molar-refractivity contribution in [2.24, 2.45) is 0 Å².